The minimum atomic E-state index is 0.672. The van der Waals surface area contributed by atoms with E-state index in [1.165, 1.54) is 0 Å². The lowest BCUT2D eigenvalue weighted by Crippen LogP contribution is -2.46. The van der Waals surface area contributed by atoms with E-state index in [9.17, 15) is 0 Å². The predicted molar refractivity (Wildman–Crippen MR) is 108 cm³/mol. The first kappa shape index (κ1) is 18.1. The molecular weight excluding hydrogens is 355 g/mol. The highest BCUT2D eigenvalue weighted by Gasteiger charge is 2.24. The summed E-state index contributed by atoms with van der Waals surface area (Å²) in [6, 6.07) is 11.6. The van der Waals surface area contributed by atoms with E-state index in [0.29, 0.717) is 10.0 Å². The highest BCUT2D eigenvalue weighted by atomic mass is 35.5. The molecule has 132 valence electrons. The minimum absolute atomic E-state index is 0.672. The second kappa shape index (κ2) is 8.09. The fraction of sp³-hybridized carbons (Fsp3) is 0.316. The molecule has 0 aliphatic carbocycles. The molecule has 0 unspecified atom stereocenters. The summed E-state index contributed by atoms with van der Waals surface area (Å²) in [5.74, 6) is 0.903. The van der Waals surface area contributed by atoms with Gasteiger partial charge in [-0.2, -0.15) is 0 Å². The summed E-state index contributed by atoms with van der Waals surface area (Å²) in [5, 5.41) is 8.18. The number of halogens is 2. The molecule has 0 amide bonds. The van der Waals surface area contributed by atoms with E-state index >= 15 is 0 Å². The quantitative estimate of drug-likeness (QED) is 0.674. The van der Waals surface area contributed by atoms with Gasteiger partial charge in [0.05, 0.1) is 27.6 Å². The highest BCUT2D eigenvalue weighted by molar-refractivity contribution is 6.35. The molecule has 0 atom stereocenters. The maximum atomic E-state index is 6.51. The van der Waals surface area contributed by atoms with Crippen molar-refractivity contribution in [3.8, 4) is 0 Å². The number of fused-ring (bicyclic) bond motifs is 2. The van der Waals surface area contributed by atoms with Gasteiger partial charge < -0.3 is 15.5 Å². The average Bonchev–Trinajstić information content (AvgIpc) is 2.81. The lowest BCUT2D eigenvalue weighted by molar-refractivity contribution is 0.358. The molecule has 4 nitrogen and oxygen atoms in total. The zero-order chi connectivity index (χ0) is 17.8. The van der Waals surface area contributed by atoms with E-state index in [1.807, 2.05) is 50.2 Å². The zero-order valence-corrected chi connectivity index (χ0v) is 16.0. The van der Waals surface area contributed by atoms with E-state index in [0.717, 1.165) is 54.6 Å². The van der Waals surface area contributed by atoms with Gasteiger partial charge in [0, 0.05) is 31.2 Å². The van der Waals surface area contributed by atoms with Crippen LogP contribution in [0.1, 0.15) is 19.4 Å². The molecule has 2 aliphatic heterocycles. The molecule has 2 aromatic carbocycles. The Kier molecular flexibility index (Phi) is 5.84. The summed E-state index contributed by atoms with van der Waals surface area (Å²) in [5.41, 5.74) is 3.68. The Labute approximate surface area is 158 Å². The minimum Gasteiger partial charge on any atom is -0.353 e. The molecule has 2 N–H and O–H groups in total. The maximum Gasteiger partial charge on any atom is 0.140 e. The Morgan fingerprint density at radius 3 is 2.52 bits per heavy atom. The normalized spacial score (nSPS) is 15.7. The first-order valence-corrected chi connectivity index (χ1v) is 9.38. The maximum absolute atomic E-state index is 6.51. The molecule has 6 heteroatoms. The second-order valence-electron chi connectivity index (χ2n) is 5.62. The van der Waals surface area contributed by atoms with Crippen LogP contribution in [-0.4, -0.2) is 36.9 Å². The monoisotopic (exact) mass is 376 g/mol. The average molecular weight is 377 g/mol. The van der Waals surface area contributed by atoms with Gasteiger partial charge in [-0.1, -0.05) is 43.1 Å². The van der Waals surface area contributed by atoms with Gasteiger partial charge in [-0.25, -0.2) is 4.99 Å². The Hall–Kier alpha value is -1.75. The van der Waals surface area contributed by atoms with Crippen LogP contribution in [0.3, 0.4) is 0 Å². The molecule has 4 rings (SSSR count). The van der Waals surface area contributed by atoms with Crippen molar-refractivity contribution in [2.45, 2.75) is 13.8 Å². The van der Waals surface area contributed by atoms with Crippen LogP contribution in [0.5, 0.6) is 0 Å². The SMILES string of the molecule is CC.Clc1ccc2c(c1)N=C(N1CCNCC1)c1c(Cl)cccc1N2. The Morgan fingerprint density at radius 1 is 1.00 bits per heavy atom. The molecule has 2 heterocycles. The number of rotatable bonds is 0. The third-order valence-electron chi connectivity index (χ3n) is 4.11. The van der Waals surface area contributed by atoms with Gasteiger partial charge in [0.15, 0.2) is 0 Å². The fourth-order valence-electron chi connectivity index (χ4n) is 2.98. The van der Waals surface area contributed by atoms with Crippen molar-refractivity contribution in [1.82, 2.24) is 10.2 Å². The van der Waals surface area contributed by atoms with Crippen molar-refractivity contribution in [2.75, 3.05) is 31.5 Å². The summed E-state index contributed by atoms with van der Waals surface area (Å²) >= 11 is 12.7. The Morgan fingerprint density at radius 2 is 1.76 bits per heavy atom. The van der Waals surface area contributed by atoms with E-state index in [2.05, 4.69) is 15.5 Å². The van der Waals surface area contributed by atoms with E-state index in [-0.39, 0.29) is 0 Å². The largest absolute Gasteiger partial charge is 0.353 e. The summed E-state index contributed by atoms with van der Waals surface area (Å²) < 4.78 is 0. The fourth-order valence-corrected chi connectivity index (χ4v) is 3.40. The molecule has 1 saturated heterocycles. The van der Waals surface area contributed by atoms with Gasteiger partial charge >= 0.3 is 0 Å². The number of nitrogens with zero attached hydrogens (tertiary/aromatic N) is 2. The van der Waals surface area contributed by atoms with Crippen LogP contribution in [0.25, 0.3) is 0 Å². The standard InChI is InChI=1S/C17H16Cl2N4.C2H6/c18-11-4-5-13-15(10-11)22-17(23-8-6-20-7-9-23)16-12(19)2-1-3-14(16)21-13;1-2/h1-5,10,20-21H,6-9H2;1-2H3. The number of hydrogen-bond acceptors (Lipinski definition) is 4. The second-order valence-corrected chi connectivity index (χ2v) is 6.46. The molecule has 0 aromatic heterocycles. The van der Waals surface area contributed by atoms with Gasteiger partial charge in [0.1, 0.15) is 5.84 Å². The van der Waals surface area contributed by atoms with Crippen LogP contribution < -0.4 is 10.6 Å². The number of piperazine rings is 1. The zero-order valence-electron chi connectivity index (χ0n) is 14.4. The van der Waals surface area contributed by atoms with Crippen LogP contribution >= 0.6 is 23.2 Å². The van der Waals surface area contributed by atoms with E-state index < -0.39 is 0 Å². The van der Waals surface area contributed by atoms with Crippen LogP contribution in [-0.2, 0) is 0 Å². The van der Waals surface area contributed by atoms with Gasteiger partial charge in [0.25, 0.3) is 0 Å². The highest BCUT2D eigenvalue weighted by Crippen LogP contribution is 2.38. The van der Waals surface area contributed by atoms with Crippen molar-refractivity contribution >= 4 is 46.1 Å². The number of nitrogens with one attached hydrogen (secondary N) is 2. The van der Waals surface area contributed by atoms with Gasteiger partial charge in [-0.05, 0) is 30.3 Å². The summed E-state index contributed by atoms with van der Waals surface area (Å²) in [4.78, 5) is 7.19. The topological polar surface area (TPSA) is 39.7 Å². The summed E-state index contributed by atoms with van der Waals surface area (Å²) in [6.45, 7) is 7.68. The third kappa shape index (κ3) is 3.76. The van der Waals surface area contributed by atoms with Crippen LogP contribution in [0, 0.1) is 0 Å². The van der Waals surface area contributed by atoms with E-state index in [4.69, 9.17) is 28.2 Å². The number of benzene rings is 2. The number of amidine groups is 1. The van der Waals surface area contributed by atoms with E-state index in [1.54, 1.807) is 0 Å². The summed E-state index contributed by atoms with van der Waals surface area (Å²) in [6.07, 6.45) is 0. The van der Waals surface area contributed by atoms with Crippen molar-refractivity contribution in [2.24, 2.45) is 4.99 Å². The number of hydrogen-bond donors (Lipinski definition) is 2. The number of aliphatic imine (C=N–C) groups is 1. The van der Waals surface area contributed by atoms with Gasteiger partial charge in [0.2, 0.25) is 0 Å². The molecule has 1 fully saturated rings. The molecule has 2 aromatic rings. The van der Waals surface area contributed by atoms with Crippen molar-refractivity contribution in [1.29, 1.82) is 0 Å². The first-order valence-electron chi connectivity index (χ1n) is 8.62. The van der Waals surface area contributed by atoms with Crippen molar-refractivity contribution < 1.29 is 0 Å². The number of anilines is 2. The van der Waals surface area contributed by atoms with Crippen molar-refractivity contribution in [3.05, 3.63) is 52.0 Å². The Balaban J connectivity index is 0.000000880. The molecule has 25 heavy (non-hydrogen) atoms. The van der Waals surface area contributed by atoms with Crippen LogP contribution in [0.4, 0.5) is 17.1 Å². The molecule has 2 aliphatic rings. The molecule has 0 radical (unpaired) electrons. The third-order valence-corrected chi connectivity index (χ3v) is 4.66. The molecule has 0 bridgehead atoms. The Bertz CT molecular complexity index is 783. The van der Waals surface area contributed by atoms with Crippen molar-refractivity contribution in [3.63, 3.8) is 0 Å². The molecular formula is C19H22Cl2N4. The molecule has 0 saturated carbocycles. The van der Waals surface area contributed by atoms with Crippen LogP contribution in [0.2, 0.25) is 10.0 Å². The lowest BCUT2D eigenvalue weighted by Gasteiger charge is -2.31. The predicted octanol–water partition coefficient (Wildman–Crippen LogP) is 5.06. The van der Waals surface area contributed by atoms with Gasteiger partial charge in [-0.15, -0.1) is 0 Å². The lowest BCUT2D eigenvalue weighted by atomic mass is 10.1. The van der Waals surface area contributed by atoms with Gasteiger partial charge in [-0.3, -0.25) is 0 Å². The first-order chi connectivity index (χ1) is 12.2. The summed E-state index contributed by atoms with van der Waals surface area (Å²) in [7, 11) is 0. The smallest absolute Gasteiger partial charge is 0.140 e. The van der Waals surface area contributed by atoms with Crippen LogP contribution in [0.15, 0.2) is 41.4 Å². The molecule has 0 spiro atoms.